The molecule has 6 nitrogen and oxygen atoms in total. The van der Waals surface area contributed by atoms with Crippen molar-refractivity contribution < 1.29 is 9.18 Å². The average molecular weight is 437 g/mol. The Morgan fingerprint density at radius 1 is 1.16 bits per heavy atom. The topological polar surface area (TPSA) is 79.8 Å². The van der Waals surface area contributed by atoms with Crippen LogP contribution in [-0.4, -0.2) is 26.2 Å². The van der Waals surface area contributed by atoms with E-state index in [4.69, 9.17) is 0 Å². The van der Waals surface area contributed by atoms with Crippen LogP contribution in [0.25, 0.3) is 16.7 Å². The molecule has 4 rings (SSSR count). The molecule has 0 aliphatic rings. The molecule has 0 saturated carbocycles. The van der Waals surface area contributed by atoms with Crippen molar-refractivity contribution in [1.82, 2.24) is 14.5 Å². The largest absolute Gasteiger partial charge is 0.353 e. The molecular formula is C23H21FN4O2S. The van der Waals surface area contributed by atoms with Gasteiger partial charge in [-0.05, 0) is 61.4 Å². The third kappa shape index (κ3) is 4.54. The number of aromatic amines is 1. The fraction of sp³-hybridized carbons (Fsp3) is 0.174. The number of amides is 1. The van der Waals surface area contributed by atoms with Crippen LogP contribution in [0.5, 0.6) is 0 Å². The van der Waals surface area contributed by atoms with Gasteiger partial charge in [0.25, 0.3) is 5.56 Å². The maximum absolute atomic E-state index is 13.4. The van der Waals surface area contributed by atoms with Crippen molar-refractivity contribution in [1.29, 1.82) is 0 Å². The molecule has 0 aliphatic carbocycles. The highest BCUT2D eigenvalue weighted by Crippen LogP contribution is 2.22. The van der Waals surface area contributed by atoms with Gasteiger partial charge in [-0.1, -0.05) is 30.8 Å². The number of nitrogens with zero attached hydrogens (tertiary/aromatic N) is 2. The third-order valence-electron chi connectivity index (χ3n) is 4.82. The van der Waals surface area contributed by atoms with E-state index in [1.807, 2.05) is 31.2 Å². The van der Waals surface area contributed by atoms with Gasteiger partial charge in [0.1, 0.15) is 11.3 Å². The molecule has 0 aliphatic heterocycles. The highest BCUT2D eigenvalue weighted by atomic mass is 32.2. The Bertz CT molecular complexity index is 1290. The van der Waals surface area contributed by atoms with Crippen molar-refractivity contribution >= 4 is 34.4 Å². The van der Waals surface area contributed by atoms with Gasteiger partial charge in [0.15, 0.2) is 5.16 Å². The van der Waals surface area contributed by atoms with E-state index >= 15 is 0 Å². The summed E-state index contributed by atoms with van der Waals surface area (Å²) in [7, 11) is 0. The van der Waals surface area contributed by atoms with Crippen LogP contribution in [0.1, 0.15) is 18.2 Å². The first-order valence-electron chi connectivity index (χ1n) is 9.84. The minimum absolute atomic E-state index is 0.0675. The smallest absolute Gasteiger partial charge is 0.283 e. The van der Waals surface area contributed by atoms with Gasteiger partial charge in [0, 0.05) is 11.4 Å². The van der Waals surface area contributed by atoms with Crippen LogP contribution >= 0.6 is 11.8 Å². The first-order chi connectivity index (χ1) is 14.9. The molecule has 0 unspecified atom stereocenters. The second kappa shape index (κ2) is 8.77. The molecule has 0 saturated heterocycles. The lowest BCUT2D eigenvalue weighted by molar-refractivity contribution is -0.113. The van der Waals surface area contributed by atoms with E-state index in [0.29, 0.717) is 27.6 Å². The summed E-state index contributed by atoms with van der Waals surface area (Å²) >= 11 is 1.15. The van der Waals surface area contributed by atoms with Crippen molar-refractivity contribution in [3.63, 3.8) is 0 Å². The van der Waals surface area contributed by atoms with Gasteiger partial charge in [-0.2, -0.15) is 0 Å². The highest BCUT2D eigenvalue weighted by Gasteiger charge is 2.16. The predicted octanol–water partition coefficient (Wildman–Crippen LogP) is 4.45. The normalized spacial score (nSPS) is 11.1. The zero-order chi connectivity index (χ0) is 22.0. The number of fused-ring (bicyclic) bond motifs is 1. The molecule has 0 spiro atoms. The quantitative estimate of drug-likeness (QED) is 0.346. The number of halogens is 1. The Labute approximate surface area is 182 Å². The second-order valence-corrected chi connectivity index (χ2v) is 8.05. The molecule has 8 heteroatoms. The number of hydrogen-bond acceptors (Lipinski definition) is 4. The molecule has 2 N–H and O–H groups in total. The maximum atomic E-state index is 13.4. The van der Waals surface area contributed by atoms with Crippen molar-refractivity contribution in [2.45, 2.75) is 25.4 Å². The SMILES string of the molecule is CCc1ccc(NC(=O)CSc2nc3cc(C)[nH]c3c(=O)n2-c2ccc(F)cc2)cc1. The molecule has 158 valence electrons. The molecule has 0 radical (unpaired) electrons. The number of anilines is 1. The fourth-order valence-corrected chi connectivity index (χ4v) is 4.06. The highest BCUT2D eigenvalue weighted by molar-refractivity contribution is 7.99. The molecule has 0 bridgehead atoms. The van der Waals surface area contributed by atoms with Gasteiger partial charge < -0.3 is 10.3 Å². The molecule has 4 aromatic rings. The van der Waals surface area contributed by atoms with Gasteiger partial charge in [-0.3, -0.25) is 14.2 Å². The summed E-state index contributed by atoms with van der Waals surface area (Å²) < 4.78 is 14.8. The van der Waals surface area contributed by atoms with Gasteiger partial charge in [-0.25, -0.2) is 9.37 Å². The zero-order valence-electron chi connectivity index (χ0n) is 17.1. The van der Waals surface area contributed by atoms with Crippen LogP contribution in [0.15, 0.2) is 64.5 Å². The standard InChI is InChI=1S/C23H21FN4O2S/c1-3-15-4-8-17(9-5-15)26-20(29)13-31-23-27-19-12-14(2)25-21(19)22(30)28(23)18-10-6-16(24)7-11-18/h4-12,25H,3,13H2,1-2H3,(H,26,29). The van der Waals surface area contributed by atoms with Crippen molar-refractivity contribution in [3.05, 3.63) is 82.0 Å². The number of H-pyrrole nitrogens is 1. The number of benzene rings is 2. The molecule has 31 heavy (non-hydrogen) atoms. The zero-order valence-corrected chi connectivity index (χ0v) is 17.9. The summed E-state index contributed by atoms with van der Waals surface area (Å²) in [5, 5.41) is 3.22. The van der Waals surface area contributed by atoms with E-state index in [9.17, 15) is 14.0 Å². The van der Waals surface area contributed by atoms with Crippen LogP contribution in [0.4, 0.5) is 10.1 Å². The average Bonchev–Trinajstić information content (AvgIpc) is 3.14. The summed E-state index contributed by atoms with van der Waals surface area (Å²) in [4.78, 5) is 33.2. The Balaban J connectivity index is 1.62. The Hall–Kier alpha value is -3.39. The lowest BCUT2D eigenvalue weighted by Gasteiger charge is -2.12. The molecule has 1 amide bonds. The Morgan fingerprint density at radius 2 is 1.87 bits per heavy atom. The van der Waals surface area contributed by atoms with Gasteiger partial charge in [0.2, 0.25) is 5.91 Å². The first-order valence-corrected chi connectivity index (χ1v) is 10.8. The minimum atomic E-state index is -0.399. The van der Waals surface area contributed by atoms with E-state index in [1.54, 1.807) is 6.07 Å². The number of hydrogen-bond donors (Lipinski definition) is 2. The van der Waals surface area contributed by atoms with E-state index in [1.165, 1.54) is 34.4 Å². The van der Waals surface area contributed by atoms with E-state index in [2.05, 4.69) is 22.2 Å². The summed E-state index contributed by atoms with van der Waals surface area (Å²) in [6, 6.07) is 15.0. The number of carbonyl (C=O) groups excluding carboxylic acids is 1. The van der Waals surface area contributed by atoms with Crippen LogP contribution < -0.4 is 10.9 Å². The number of rotatable bonds is 6. The maximum Gasteiger partial charge on any atom is 0.283 e. The summed E-state index contributed by atoms with van der Waals surface area (Å²) in [5.74, 6) is -0.540. The molecular weight excluding hydrogens is 415 g/mol. The van der Waals surface area contributed by atoms with Crippen LogP contribution in [-0.2, 0) is 11.2 Å². The molecule has 2 heterocycles. The summed E-state index contributed by atoms with van der Waals surface area (Å²) in [6.45, 7) is 3.91. The monoisotopic (exact) mass is 436 g/mol. The predicted molar refractivity (Wildman–Crippen MR) is 122 cm³/mol. The number of thioether (sulfide) groups is 1. The van der Waals surface area contributed by atoms with Crippen molar-refractivity contribution in [3.8, 4) is 5.69 Å². The molecule has 2 aromatic carbocycles. The van der Waals surface area contributed by atoms with E-state index in [0.717, 1.165) is 23.9 Å². The Kier molecular flexibility index (Phi) is 5.90. The lowest BCUT2D eigenvalue weighted by atomic mass is 10.1. The van der Waals surface area contributed by atoms with Crippen molar-refractivity contribution in [2.75, 3.05) is 11.1 Å². The lowest BCUT2D eigenvalue weighted by Crippen LogP contribution is -2.23. The van der Waals surface area contributed by atoms with E-state index < -0.39 is 5.82 Å². The number of aromatic nitrogens is 3. The van der Waals surface area contributed by atoms with Crippen molar-refractivity contribution in [2.24, 2.45) is 0 Å². The minimum Gasteiger partial charge on any atom is -0.353 e. The molecule has 2 aromatic heterocycles. The fourth-order valence-electron chi connectivity index (χ4n) is 3.24. The summed E-state index contributed by atoms with van der Waals surface area (Å²) in [6.07, 6.45) is 0.928. The van der Waals surface area contributed by atoms with Gasteiger partial charge in [-0.15, -0.1) is 0 Å². The van der Waals surface area contributed by atoms with Gasteiger partial charge >= 0.3 is 0 Å². The van der Waals surface area contributed by atoms with Crippen LogP contribution in [0, 0.1) is 12.7 Å². The third-order valence-corrected chi connectivity index (χ3v) is 5.76. The first kappa shape index (κ1) is 20.9. The van der Waals surface area contributed by atoms with Gasteiger partial charge in [0.05, 0.1) is 17.0 Å². The molecule has 0 fully saturated rings. The van der Waals surface area contributed by atoms with Crippen LogP contribution in [0.3, 0.4) is 0 Å². The van der Waals surface area contributed by atoms with E-state index in [-0.39, 0.29) is 17.2 Å². The summed E-state index contributed by atoms with van der Waals surface area (Å²) in [5.41, 5.74) is 3.78. The Morgan fingerprint density at radius 3 is 2.55 bits per heavy atom. The number of aryl methyl sites for hydroxylation is 2. The number of carbonyl (C=O) groups is 1. The molecule has 0 atom stereocenters. The number of nitrogens with one attached hydrogen (secondary N) is 2. The van der Waals surface area contributed by atoms with Crippen LogP contribution in [0.2, 0.25) is 0 Å². The second-order valence-electron chi connectivity index (χ2n) is 7.11.